The summed E-state index contributed by atoms with van der Waals surface area (Å²) < 4.78 is 27.3. The van der Waals surface area contributed by atoms with E-state index in [-0.39, 0.29) is 16.7 Å². The van der Waals surface area contributed by atoms with Crippen LogP contribution in [0.3, 0.4) is 0 Å². The Morgan fingerprint density at radius 1 is 1.08 bits per heavy atom. The van der Waals surface area contributed by atoms with Crippen LogP contribution < -0.4 is 4.72 Å². The van der Waals surface area contributed by atoms with Crippen molar-refractivity contribution in [3.8, 4) is 11.1 Å². The molecule has 0 aliphatic carbocycles. The summed E-state index contributed by atoms with van der Waals surface area (Å²) >= 11 is 13.6. The van der Waals surface area contributed by atoms with Gasteiger partial charge in [-0.05, 0) is 35.6 Å². The van der Waals surface area contributed by atoms with Crippen LogP contribution in [0.25, 0.3) is 11.1 Å². The number of hydrogen-bond acceptors (Lipinski definition) is 5. The molecule has 2 heterocycles. The summed E-state index contributed by atoms with van der Waals surface area (Å²) in [6.07, 6.45) is 1.65. The SMILES string of the molecule is O=S(=O)(CCc1cccs1)Nc1ncnc(Cl)c1-c1ccc(Cl)cc1. The number of thiophene rings is 1. The minimum absolute atomic E-state index is 0.0464. The zero-order valence-corrected chi connectivity index (χ0v) is 16.0. The van der Waals surface area contributed by atoms with E-state index < -0.39 is 10.0 Å². The largest absolute Gasteiger partial charge is 0.267 e. The molecule has 0 unspecified atom stereocenters. The molecule has 1 N–H and O–H groups in total. The highest BCUT2D eigenvalue weighted by molar-refractivity contribution is 7.92. The predicted molar refractivity (Wildman–Crippen MR) is 103 cm³/mol. The maximum Gasteiger partial charge on any atom is 0.234 e. The van der Waals surface area contributed by atoms with Gasteiger partial charge in [0.25, 0.3) is 0 Å². The van der Waals surface area contributed by atoms with Crippen LogP contribution in [0, 0.1) is 0 Å². The number of aryl methyl sites for hydroxylation is 1. The van der Waals surface area contributed by atoms with Gasteiger partial charge in [0.2, 0.25) is 10.0 Å². The lowest BCUT2D eigenvalue weighted by molar-refractivity contribution is 0.600. The lowest BCUT2D eigenvalue weighted by atomic mass is 10.1. The quantitative estimate of drug-likeness (QED) is 0.603. The number of aromatic nitrogens is 2. The normalized spacial score (nSPS) is 11.4. The van der Waals surface area contributed by atoms with Gasteiger partial charge in [-0.3, -0.25) is 4.72 Å². The van der Waals surface area contributed by atoms with Crippen LogP contribution in [-0.4, -0.2) is 24.1 Å². The molecule has 130 valence electrons. The van der Waals surface area contributed by atoms with Crippen LogP contribution in [0.15, 0.2) is 48.1 Å². The summed E-state index contributed by atoms with van der Waals surface area (Å²) in [6.45, 7) is 0. The lowest BCUT2D eigenvalue weighted by Gasteiger charge is -2.12. The second-order valence-corrected chi connectivity index (χ2v) is 8.81. The number of sulfonamides is 1. The zero-order valence-electron chi connectivity index (χ0n) is 12.8. The van der Waals surface area contributed by atoms with E-state index in [1.165, 1.54) is 17.7 Å². The second kappa shape index (κ2) is 7.70. The molecule has 3 rings (SSSR count). The first-order valence-corrected chi connectivity index (χ1v) is 10.5. The van der Waals surface area contributed by atoms with Crippen LogP contribution in [0.1, 0.15) is 4.88 Å². The van der Waals surface area contributed by atoms with Crippen molar-refractivity contribution in [2.45, 2.75) is 6.42 Å². The molecular weight excluding hydrogens is 401 g/mol. The molecule has 0 saturated heterocycles. The summed E-state index contributed by atoms with van der Waals surface area (Å²) in [5.74, 6) is 0.100. The topological polar surface area (TPSA) is 72.0 Å². The van der Waals surface area contributed by atoms with Crippen LogP contribution in [0.5, 0.6) is 0 Å². The molecular formula is C16H13Cl2N3O2S2. The van der Waals surface area contributed by atoms with Gasteiger partial charge in [0, 0.05) is 9.90 Å². The number of anilines is 1. The van der Waals surface area contributed by atoms with Crippen molar-refractivity contribution in [1.82, 2.24) is 9.97 Å². The van der Waals surface area contributed by atoms with Crippen molar-refractivity contribution < 1.29 is 8.42 Å². The van der Waals surface area contributed by atoms with Gasteiger partial charge < -0.3 is 0 Å². The van der Waals surface area contributed by atoms with Gasteiger partial charge in [-0.1, -0.05) is 41.4 Å². The third-order valence-electron chi connectivity index (χ3n) is 3.38. The van der Waals surface area contributed by atoms with Gasteiger partial charge in [0.1, 0.15) is 11.5 Å². The fourth-order valence-electron chi connectivity index (χ4n) is 2.20. The fourth-order valence-corrected chi connectivity index (χ4v) is 4.45. The Morgan fingerprint density at radius 3 is 2.52 bits per heavy atom. The average Bonchev–Trinajstić information content (AvgIpc) is 3.08. The van der Waals surface area contributed by atoms with E-state index in [2.05, 4.69) is 14.7 Å². The summed E-state index contributed by atoms with van der Waals surface area (Å²) in [5, 5.41) is 2.64. The molecule has 3 aromatic rings. The highest BCUT2D eigenvalue weighted by atomic mass is 35.5. The van der Waals surface area contributed by atoms with E-state index in [1.54, 1.807) is 24.3 Å². The van der Waals surface area contributed by atoms with Crippen LogP contribution >= 0.6 is 34.5 Å². The Morgan fingerprint density at radius 2 is 1.84 bits per heavy atom. The summed E-state index contributed by atoms with van der Waals surface area (Å²) in [7, 11) is -3.58. The number of benzene rings is 1. The van der Waals surface area contributed by atoms with Crippen molar-refractivity contribution >= 4 is 50.4 Å². The second-order valence-electron chi connectivity index (χ2n) is 5.15. The van der Waals surface area contributed by atoms with E-state index in [0.29, 0.717) is 22.6 Å². The number of hydrogen-bond donors (Lipinski definition) is 1. The third kappa shape index (κ3) is 4.70. The first-order valence-electron chi connectivity index (χ1n) is 7.24. The third-order valence-corrected chi connectivity index (χ3v) is 6.10. The number of nitrogens with one attached hydrogen (secondary N) is 1. The number of nitrogens with zero attached hydrogens (tertiary/aromatic N) is 2. The molecule has 25 heavy (non-hydrogen) atoms. The standard InChI is InChI=1S/C16H13Cl2N3O2S2/c17-12-5-3-11(4-6-12)14-15(18)19-10-20-16(14)21-25(22,23)9-7-13-2-1-8-24-13/h1-6,8,10H,7,9H2,(H,19,20,21). The van der Waals surface area contributed by atoms with E-state index in [9.17, 15) is 8.42 Å². The Balaban J connectivity index is 1.87. The van der Waals surface area contributed by atoms with Crippen molar-refractivity contribution in [1.29, 1.82) is 0 Å². The molecule has 0 aliphatic heterocycles. The Bertz CT molecular complexity index is 960. The maximum atomic E-state index is 12.4. The Hall–Kier alpha value is -1.67. The van der Waals surface area contributed by atoms with Gasteiger partial charge in [-0.2, -0.15) is 0 Å². The van der Waals surface area contributed by atoms with Crippen LogP contribution in [0.2, 0.25) is 10.2 Å². The monoisotopic (exact) mass is 413 g/mol. The van der Waals surface area contributed by atoms with E-state index in [0.717, 1.165) is 4.88 Å². The highest BCUT2D eigenvalue weighted by Crippen LogP contribution is 2.33. The molecule has 0 aliphatic rings. The van der Waals surface area contributed by atoms with Crippen LogP contribution in [-0.2, 0) is 16.4 Å². The number of rotatable bonds is 6. The maximum absolute atomic E-state index is 12.4. The summed E-state index contributed by atoms with van der Waals surface area (Å²) in [5.41, 5.74) is 1.09. The molecule has 0 amide bonds. The molecule has 0 saturated carbocycles. The molecule has 0 bridgehead atoms. The van der Waals surface area contributed by atoms with Gasteiger partial charge in [-0.25, -0.2) is 18.4 Å². The highest BCUT2D eigenvalue weighted by Gasteiger charge is 2.18. The first kappa shape index (κ1) is 18.1. The Kier molecular flexibility index (Phi) is 5.58. The minimum Gasteiger partial charge on any atom is -0.267 e. The van der Waals surface area contributed by atoms with E-state index in [4.69, 9.17) is 23.2 Å². The van der Waals surface area contributed by atoms with Crippen molar-refractivity contribution in [2.75, 3.05) is 10.5 Å². The molecule has 0 radical (unpaired) electrons. The predicted octanol–water partition coefficient (Wildman–Crippen LogP) is 4.50. The van der Waals surface area contributed by atoms with Gasteiger partial charge >= 0.3 is 0 Å². The molecule has 5 nitrogen and oxygen atoms in total. The smallest absolute Gasteiger partial charge is 0.234 e. The molecule has 1 aromatic carbocycles. The minimum atomic E-state index is -3.58. The first-order chi connectivity index (χ1) is 11.9. The van der Waals surface area contributed by atoms with Gasteiger partial charge in [-0.15, -0.1) is 11.3 Å². The van der Waals surface area contributed by atoms with Crippen molar-refractivity contribution in [3.63, 3.8) is 0 Å². The zero-order chi connectivity index (χ0) is 17.9. The van der Waals surface area contributed by atoms with Crippen LogP contribution in [0.4, 0.5) is 5.82 Å². The van der Waals surface area contributed by atoms with Gasteiger partial charge in [0.15, 0.2) is 5.82 Å². The fraction of sp³-hybridized carbons (Fsp3) is 0.125. The molecule has 9 heteroatoms. The Labute approximate surface area is 159 Å². The average molecular weight is 414 g/mol. The van der Waals surface area contributed by atoms with E-state index in [1.807, 2.05) is 17.5 Å². The molecule has 0 atom stereocenters. The lowest BCUT2D eigenvalue weighted by Crippen LogP contribution is -2.19. The van der Waals surface area contributed by atoms with Crippen molar-refractivity contribution in [3.05, 3.63) is 63.2 Å². The summed E-state index contributed by atoms with van der Waals surface area (Å²) in [4.78, 5) is 9.00. The molecule has 2 aromatic heterocycles. The van der Waals surface area contributed by atoms with E-state index >= 15 is 0 Å². The molecule has 0 fully saturated rings. The number of halogens is 2. The van der Waals surface area contributed by atoms with Crippen molar-refractivity contribution in [2.24, 2.45) is 0 Å². The molecule has 0 spiro atoms. The summed E-state index contributed by atoms with van der Waals surface area (Å²) in [6, 6.07) is 10.6. The van der Waals surface area contributed by atoms with Gasteiger partial charge in [0.05, 0.1) is 11.3 Å².